The maximum atomic E-state index is 4.60. The van der Waals surface area contributed by atoms with Gasteiger partial charge in [0.05, 0.1) is 19.6 Å². The molecule has 0 aliphatic carbocycles. The zero-order chi connectivity index (χ0) is 25.6. The maximum Gasteiger partial charge on any atom is 0.120 e. The number of aliphatic imine (C=N–C) groups is 1. The Labute approximate surface area is 231 Å². The molecule has 2 N–H and O–H groups in total. The number of nitrogens with zero attached hydrogens (tertiary/aromatic N) is 5. The predicted octanol–water partition coefficient (Wildman–Crippen LogP) is 4.35. The fourth-order valence-electron chi connectivity index (χ4n) is 6.46. The summed E-state index contributed by atoms with van der Waals surface area (Å²) in [7, 11) is 0. The predicted molar refractivity (Wildman–Crippen MR) is 155 cm³/mol. The minimum atomic E-state index is 0.534. The highest BCUT2D eigenvalue weighted by Gasteiger charge is 2.38. The summed E-state index contributed by atoms with van der Waals surface area (Å²) in [5.74, 6) is 2.08. The lowest BCUT2D eigenvalue weighted by molar-refractivity contribution is 0.0189. The third-order valence-corrected chi connectivity index (χ3v) is 9.36. The number of rotatable bonds is 10. The fourth-order valence-corrected chi connectivity index (χ4v) is 7.20. The van der Waals surface area contributed by atoms with Crippen LogP contribution in [0.2, 0.25) is 0 Å². The van der Waals surface area contributed by atoms with Crippen molar-refractivity contribution in [2.24, 2.45) is 10.4 Å². The third-order valence-electron chi connectivity index (χ3n) is 8.50. The van der Waals surface area contributed by atoms with Gasteiger partial charge in [0.15, 0.2) is 0 Å². The van der Waals surface area contributed by atoms with Crippen molar-refractivity contribution in [3.8, 4) is 0 Å². The Morgan fingerprint density at radius 1 is 0.921 bits per heavy atom. The SMILES string of the molecule is c1csc(CN2CCCC3(CCN(Cc4ccc(CN(CC5=NCCN5)Cc5ncc[nH]5)cc4)CC3)C2)c1. The van der Waals surface area contributed by atoms with Gasteiger partial charge in [0.25, 0.3) is 0 Å². The molecular weight excluding hydrogens is 490 g/mol. The Morgan fingerprint density at radius 3 is 2.53 bits per heavy atom. The highest BCUT2D eigenvalue weighted by Crippen LogP contribution is 2.40. The Kier molecular flexibility index (Phi) is 8.21. The molecule has 8 heteroatoms. The number of nitrogens with one attached hydrogen (secondary N) is 2. The van der Waals surface area contributed by atoms with Crippen LogP contribution in [-0.2, 0) is 26.2 Å². The van der Waals surface area contributed by atoms with E-state index < -0.39 is 0 Å². The van der Waals surface area contributed by atoms with Gasteiger partial charge in [-0.1, -0.05) is 30.3 Å². The van der Waals surface area contributed by atoms with E-state index in [0.29, 0.717) is 5.41 Å². The lowest BCUT2D eigenvalue weighted by atomic mass is 9.72. The summed E-state index contributed by atoms with van der Waals surface area (Å²) >= 11 is 1.90. The number of aromatic nitrogens is 2. The van der Waals surface area contributed by atoms with E-state index in [-0.39, 0.29) is 0 Å². The Hall–Kier alpha value is -2.52. The smallest absolute Gasteiger partial charge is 0.120 e. The molecule has 2 saturated heterocycles. The second-order valence-electron chi connectivity index (χ2n) is 11.4. The summed E-state index contributed by atoms with van der Waals surface area (Å²) in [6.45, 7) is 11.5. The number of thiophene rings is 1. The van der Waals surface area contributed by atoms with Crippen molar-refractivity contribution in [1.82, 2.24) is 30.0 Å². The molecule has 202 valence electrons. The normalized spacial score (nSPS) is 20.2. The van der Waals surface area contributed by atoms with Gasteiger partial charge in [0.2, 0.25) is 0 Å². The van der Waals surface area contributed by atoms with Crippen LogP contribution in [-0.4, -0.2) is 76.3 Å². The standard InChI is InChI=1S/C30H41N7S/c1-3-27(38-18-1)21-36-15-2-8-30(24-36)9-16-35(17-10-30)19-25-4-6-26(7-5-25)20-37(22-28-31-11-12-32-28)23-29-33-13-14-34-29/h1,3-7,11-12,18H,2,8-10,13-17,19-24H2,(H,31,32)(H,33,34). The molecule has 5 heterocycles. The minimum Gasteiger partial charge on any atom is -0.371 e. The first-order valence-electron chi connectivity index (χ1n) is 14.2. The van der Waals surface area contributed by atoms with E-state index in [1.165, 1.54) is 67.9 Å². The van der Waals surface area contributed by atoms with Gasteiger partial charge in [-0.25, -0.2) is 4.98 Å². The van der Waals surface area contributed by atoms with Gasteiger partial charge in [-0.05, 0) is 73.3 Å². The van der Waals surface area contributed by atoms with Crippen LogP contribution < -0.4 is 5.32 Å². The van der Waals surface area contributed by atoms with Gasteiger partial charge in [0.1, 0.15) is 11.7 Å². The molecule has 0 bridgehead atoms. The summed E-state index contributed by atoms with van der Waals surface area (Å²) < 4.78 is 0. The fraction of sp³-hybridized carbons (Fsp3) is 0.533. The van der Waals surface area contributed by atoms with Gasteiger partial charge in [-0.2, -0.15) is 0 Å². The Morgan fingerprint density at radius 2 is 1.79 bits per heavy atom. The maximum absolute atomic E-state index is 4.60. The van der Waals surface area contributed by atoms with Crippen molar-refractivity contribution in [2.45, 2.75) is 51.9 Å². The molecule has 6 rings (SSSR count). The Bertz CT molecular complexity index is 1150. The van der Waals surface area contributed by atoms with Crippen LogP contribution in [0.15, 0.2) is 59.2 Å². The molecule has 0 unspecified atom stereocenters. The second kappa shape index (κ2) is 12.1. The first-order valence-corrected chi connectivity index (χ1v) is 15.1. The van der Waals surface area contributed by atoms with E-state index in [1.54, 1.807) is 0 Å². The van der Waals surface area contributed by atoms with Crippen LogP contribution in [0.3, 0.4) is 0 Å². The number of amidine groups is 1. The van der Waals surface area contributed by atoms with E-state index in [1.807, 2.05) is 23.7 Å². The number of imidazole rings is 1. The molecule has 3 aromatic rings. The molecule has 0 amide bonds. The first kappa shape index (κ1) is 25.7. The number of H-pyrrole nitrogens is 1. The quantitative estimate of drug-likeness (QED) is 0.407. The van der Waals surface area contributed by atoms with Gasteiger partial charge >= 0.3 is 0 Å². The van der Waals surface area contributed by atoms with Crippen LogP contribution in [0.5, 0.6) is 0 Å². The molecule has 1 spiro atoms. The molecule has 1 aromatic carbocycles. The van der Waals surface area contributed by atoms with E-state index in [9.17, 15) is 0 Å². The van der Waals surface area contributed by atoms with Gasteiger partial charge in [-0.15, -0.1) is 11.3 Å². The number of likely N-dealkylation sites (tertiary alicyclic amines) is 2. The van der Waals surface area contributed by atoms with Gasteiger partial charge < -0.3 is 10.3 Å². The van der Waals surface area contributed by atoms with Crippen molar-refractivity contribution >= 4 is 17.2 Å². The summed E-state index contributed by atoms with van der Waals surface area (Å²) in [6.07, 6.45) is 9.16. The molecule has 0 saturated carbocycles. The lowest BCUT2D eigenvalue weighted by Gasteiger charge is -2.47. The number of aromatic amines is 1. The molecule has 7 nitrogen and oxygen atoms in total. The monoisotopic (exact) mass is 531 g/mol. The number of piperidine rings is 2. The van der Waals surface area contributed by atoms with E-state index in [0.717, 1.165) is 57.5 Å². The van der Waals surface area contributed by atoms with Crippen LogP contribution in [0.1, 0.15) is 47.5 Å². The lowest BCUT2D eigenvalue weighted by Crippen LogP contribution is -2.49. The molecule has 3 aliphatic rings. The molecule has 0 atom stereocenters. The largest absolute Gasteiger partial charge is 0.371 e. The molecule has 2 fully saturated rings. The topological polar surface area (TPSA) is 62.8 Å². The number of hydrogen-bond acceptors (Lipinski definition) is 7. The van der Waals surface area contributed by atoms with Crippen molar-refractivity contribution in [3.05, 3.63) is 76.0 Å². The number of benzene rings is 1. The van der Waals surface area contributed by atoms with Crippen LogP contribution in [0.25, 0.3) is 0 Å². The molecule has 2 aromatic heterocycles. The molecule has 3 aliphatic heterocycles. The van der Waals surface area contributed by atoms with Crippen molar-refractivity contribution in [2.75, 3.05) is 45.8 Å². The average Bonchev–Trinajstić information content (AvgIpc) is 3.72. The van der Waals surface area contributed by atoms with Crippen LogP contribution in [0, 0.1) is 5.41 Å². The highest BCUT2D eigenvalue weighted by molar-refractivity contribution is 7.09. The second-order valence-corrected chi connectivity index (χ2v) is 12.5. The molecule has 38 heavy (non-hydrogen) atoms. The van der Waals surface area contributed by atoms with Crippen molar-refractivity contribution < 1.29 is 0 Å². The molecule has 0 radical (unpaired) electrons. The number of hydrogen-bond donors (Lipinski definition) is 2. The van der Waals surface area contributed by atoms with E-state index in [4.69, 9.17) is 0 Å². The highest BCUT2D eigenvalue weighted by atomic mass is 32.1. The van der Waals surface area contributed by atoms with Crippen LogP contribution in [0.4, 0.5) is 0 Å². The van der Waals surface area contributed by atoms with Gasteiger partial charge in [0, 0.05) is 50.0 Å². The van der Waals surface area contributed by atoms with Crippen molar-refractivity contribution in [3.63, 3.8) is 0 Å². The summed E-state index contributed by atoms with van der Waals surface area (Å²) in [6, 6.07) is 13.8. The summed E-state index contributed by atoms with van der Waals surface area (Å²) in [5, 5.41) is 5.62. The third kappa shape index (κ3) is 6.72. The van der Waals surface area contributed by atoms with E-state index in [2.05, 4.69) is 76.8 Å². The minimum absolute atomic E-state index is 0.534. The first-order chi connectivity index (χ1) is 18.7. The van der Waals surface area contributed by atoms with E-state index >= 15 is 0 Å². The average molecular weight is 532 g/mol. The Balaban J connectivity index is 1.00. The molecular formula is C30H41N7S. The zero-order valence-corrected chi connectivity index (χ0v) is 23.3. The zero-order valence-electron chi connectivity index (χ0n) is 22.4. The van der Waals surface area contributed by atoms with Crippen LogP contribution >= 0.6 is 11.3 Å². The summed E-state index contributed by atoms with van der Waals surface area (Å²) in [4.78, 5) is 21.6. The summed E-state index contributed by atoms with van der Waals surface area (Å²) in [5.41, 5.74) is 3.29. The van der Waals surface area contributed by atoms with Crippen molar-refractivity contribution in [1.29, 1.82) is 0 Å². The van der Waals surface area contributed by atoms with Gasteiger partial charge in [-0.3, -0.25) is 19.7 Å².